The van der Waals surface area contributed by atoms with E-state index < -0.39 is 27.1 Å². The normalized spacial score (nSPS) is 16.1. The number of benzene rings is 1. The van der Waals surface area contributed by atoms with Crippen molar-refractivity contribution in [3.05, 3.63) is 71.1 Å². The lowest BCUT2D eigenvalue weighted by Gasteiger charge is -2.31. The van der Waals surface area contributed by atoms with Gasteiger partial charge in [0, 0.05) is 24.5 Å². The van der Waals surface area contributed by atoms with Crippen LogP contribution < -0.4 is 0 Å². The largest absolute Gasteiger partial charge is 0.451 e. The number of halogens is 3. The SMILES string of the molecule is CC(C)S(=O)(=O)Cc1cccc(C2CCN(Cc3cn(Cc4cnc(C(F)(F)F)nc4)nn3)CC2)c1. The highest BCUT2D eigenvalue weighted by Crippen LogP contribution is 2.30. The maximum Gasteiger partial charge on any atom is 0.451 e. The van der Waals surface area contributed by atoms with E-state index in [2.05, 4.69) is 31.2 Å². The summed E-state index contributed by atoms with van der Waals surface area (Å²) < 4.78 is 64.0. The summed E-state index contributed by atoms with van der Waals surface area (Å²) in [6.45, 7) is 6.02. The number of rotatable bonds is 8. The van der Waals surface area contributed by atoms with Crippen molar-refractivity contribution in [1.29, 1.82) is 0 Å². The van der Waals surface area contributed by atoms with E-state index in [0.29, 0.717) is 18.0 Å². The van der Waals surface area contributed by atoms with E-state index in [1.165, 1.54) is 5.56 Å². The predicted octanol–water partition coefficient (Wildman–Crippen LogP) is 3.84. The van der Waals surface area contributed by atoms with Gasteiger partial charge in [-0.3, -0.25) is 4.90 Å². The van der Waals surface area contributed by atoms with Gasteiger partial charge in [0.05, 0.1) is 29.4 Å². The standard InChI is InChI=1S/C24H29F3N6O2S/c1-17(2)36(34,35)16-18-4-3-5-21(10-18)20-6-8-32(9-7-20)14-22-15-33(31-30-22)13-19-11-28-23(29-12-19)24(25,26)27/h3-5,10-12,15,17,20H,6-9,13-14,16H2,1-2H3. The van der Waals surface area contributed by atoms with Gasteiger partial charge in [0.15, 0.2) is 9.84 Å². The van der Waals surface area contributed by atoms with Gasteiger partial charge in [0.25, 0.3) is 0 Å². The lowest BCUT2D eigenvalue weighted by atomic mass is 9.88. The van der Waals surface area contributed by atoms with Crippen LogP contribution in [0.1, 0.15) is 60.8 Å². The molecule has 0 bridgehead atoms. The molecule has 1 fully saturated rings. The molecule has 0 saturated carbocycles. The Morgan fingerprint density at radius 3 is 2.39 bits per heavy atom. The van der Waals surface area contributed by atoms with E-state index in [-0.39, 0.29) is 12.3 Å². The lowest BCUT2D eigenvalue weighted by molar-refractivity contribution is -0.145. The van der Waals surface area contributed by atoms with Gasteiger partial charge in [-0.25, -0.2) is 23.1 Å². The van der Waals surface area contributed by atoms with Crippen molar-refractivity contribution in [2.75, 3.05) is 13.1 Å². The molecule has 0 unspecified atom stereocenters. The third-order valence-electron chi connectivity index (χ3n) is 6.37. The first-order valence-electron chi connectivity index (χ1n) is 11.8. The van der Waals surface area contributed by atoms with Crippen LogP contribution in [0.5, 0.6) is 0 Å². The number of nitrogens with zero attached hydrogens (tertiary/aromatic N) is 6. The van der Waals surface area contributed by atoms with E-state index in [1.807, 2.05) is 18.2 Å². The van der Waals surface area contributed by atoms with E-state index in [0.717, 1.165) is 49.6 Å². The predicted molar refractivity (Wildman–Crippen MR) is 128 cm³/mol. The smallest absolute Gasteiger partial charge is 0.297 e. The first kappa shape index (κ1) is 26.2. The fourth-order valence-corrected chi connectivity index (χ4v) is 5.22. The summed E-state index contributed by atoms with van der Waals surface area (Å²) in [5.74, 6) is -0.731. The maximum atomic E-state index is 12.6. The van der Waals surface area contributed by atoms with Gasteiger partial charge in [-0.2, -0.15) is 13.2 Å². The van der Waals surface area contributed by atoms with Crippen LogP contribution in [-0.4, -0.2) is 56.6 Å². The maximum absolute atomic E-state index is 12.6. The minimum absolute atomic E-state index is 0.0611. The van der Waals surface area contributed by atoms with Crippen molar-refractivity contribution in [2.45, 2.75) is 62.9 Å². The Labute approximate surface area is 208 Å². The molecule has 36 heavy (non-hydrogen) atoms. The van der Waals surface area contributed by atoms with Crippen molar-refractivity contribution >= 4 is 9.84 Å². The van der Waals surface area contributed by atoms with Gasteiger partial charge in [-0.15, -0.1) is 5.10 Å². The van der Waals surface area contributed by atoms with Crippen LogP contribution in [0.25, 0.3) is 0 Å². The highest BCUT2D eigenvalue weighted by molar-refractivity contribution is 7.91. The first-order valence-corrected chi connectivity index (χ1v) is 13.5. The molecule has 0 aliphatic carbocycles. The molecule has 3 aromatic rings. The summed E-state index contributed by atoms with van der Waals surface area (Å²) in [5, 5.41) is 7.87. The van der Waals surface area contributed by atoms with Gasteiger partial charge >= 0.3 is 6.18 Å². The quantitative estimate of drug-likeness (QED) is 0.444. The second kappa shape index (κ2) is 10.6. The monoisotopic (exact) mass is 522 g/mol. The Balaban J connectivity index is 1.29. The minimum Gasteiger partial charge on any atom is -0.297 e. The number of aromatic nitrogens is 5. The number of alkyl halides is 3. The molecule has 8 nitrogen and oxygen atoms in total. The summed E-state index contributed by atoms with van der Waals surface area (Å²) in [6.07, 6.45) is 1.42. The van der Waals surface area contributed by atoms with Crippen LogP contribution in [0.4, 0.5) is 13.2 Å². The van der Waals surface area contributed by atoms with Crippen LogP contribution in [0.15, 0.2) is 42.9 Å². The molecule has 4 rings (SSSR count). The van der Waals surface area contributed by atoms with Crippen LogP contribution in [0.2, 0.25) is 0 Å². The third kappa shape index (κ3) is 6.67. The number of sulfone groups is 1. The Morgan fingerprint density at radius 2 is 1.75 bits per heavy atom. The molecule has 0 N–H and O–H groups in total. The number of hydrogen-bond donors (Lipinski definition) is 0. The van der Waals surface area contributed by atoms with E-state index >= 15 is 0 Å². The molecular weight excluding hydrogens is 493 g/mol. The molecular formula is C24H29F3N6O2S. The zero-order chi connectivity index (χ0) is 25.9. The van der Waals surface area contributed by atoms with E-state index in [1.54, 1.807) is 24.7 Å². The lowest BCUT2D eigenvalue weighted by Crippen LogP contribution is -2.32. The number of likely N-dealkylation sites (tertiary alicyclic amines) is 1. The molecule has 12 heteroatoms. The molecule has 194 valence electrons. The van der Waals surface area contributed by atoms with Crippen LogP contribution in [-0.2, 0) is 34.9 Å². The molecule has 3 heterocycles. The van der Waals surface area contributed by atoms with Gasteiger partial charge < -0.3 is 0 Å². The molecule has 0 radical (unpaired) electrons. The Kier molecular flexibility index (Phi) is 7.74. The highest BCUT2D eigenvalue weighted by atomic mass is 32.2. The van der Waals surface area contributed by atoms with Crippen LogP contribution in [0.3, 0.4) is 0 Å². The van der Waals surface area contributed by atoms with Gasteiger partial charge in [-0.05, 0) is 56.8 Å². The van der Waals surface area contributed by atoms with E-state index in [9.17, 15) is 21.6 Å². The molecule has 1 aromatic carbocycles. The average molecular weight is 523 g/mol. The molecule has 0 amide bonds. The van der Waals surface area contributed by atoms with Crippen molar-refractivity contribution in [2.24, 2.45) is 0 Å². The number of hydrogen-bond acceptors (Lipinski definition) is 7. The minimum atomic E-state index is -4.57. The summed E-state index contributed by atoms with van der Waals surface area (Å²) in [7, 11) is -3.14. The van der Waals surface area contributed by atoms with Crippen LogP contribution >= 0.6 is 0 Å². The second-order valence-electron chi connectivity index (χ2n) is 9.47. The highest BCUT2D eigenvalue weighted by Gasteiger charge is 2.34. The van der Waals surface area contributed by atoms with Crippen molar-refractivity contribution in [1.82, 2.24) is 29.9 Å². The molecule has 2 aromatic heterocycles. The summed E-state index contributed by atoms with van der Waals surface area (Å²) >= 11 is 0. The fraction of sp³-hybridized carbons (Fsp3) is 0.500. The summed E-state index contributed by atoms with van der Waals surface area (Å²) in [5.41, 5.74) is 3.29. The van der Waals surface area contributed by atoms with Crippen molar-refractivity contribution < 1.29 is 21.6 Å². The Morgan fingerprint density at radius 1 is 1.06 bits per heavy atom. The van der Waals surface area contributed by atoms with Crippen molar-refractivity contribution in [3.63, 3.8) is 0 Å². The number of piperidine rings is 1. The summed E-state index contributed by atoms with van der Waals surface area (Å²) in [4.78, 5) is 9.04. The van der Waals surface area contributed by atoms with Crippen LogP contribution in [0, 0.1) is 0 Å². The average Bonchev–Trinajstić information content (AvgIpc) is 3.25. The van der Waals surface area contributed by atoms with Gasteiger partial charge in [0.1, 0.15) is 0 Å². The summed E-state index contributed by atoms with van der Waals surface area (Å²) in [6, 6.07) is 7.91. The van der Waals surface area contributed by atoms with E-state index in [4.69, 9.17) is 0 Å². The molecule has 1 saturated heterocycles. The Bertz CT molecular complexity index is 1270. The van der Waals surface area contributed by atoms with Gasteiger partial charge in [0.2, 0.25) is 5.82 Å². The third-order valence-corrected chi connectivity index (χ3v) is 8.54. The Hall–Kier alpha value is -2.86. The first-order chi connectivity index (χ1) is 17.0. The molecule has 1 aliphatic rings. The second-order valence-corrected chi connectivity index (χ2v) is 12.0. The van der Waals surface area contributed by atoms with Gasteiger partial charge in [-0.1, -0.05) is 29.5 Å². The zero-order valence-corrected chi connectivity index (χ0v) is 21.0. The molecule has 0 atom stereocenters. The van der Waals surface area contributed by atoms with Crippen molar-refractivity contribution in [3.8, 4) is 0 Å². The molecule has 0 spiro atoms. The topological polar surface area (TPSA) is 93.9 Å². The molecule has 1 aliphatic heterocycles. The zero-order valence-electron chi connectivity index (χ0n) is 20.2. The fourth-order valence-electron chi connectivity index (χ4n) is 4.25.